The number of hydrogen-bond acceptors (Lipinski definition) is 5. The second-order valence-corrected chi connectivity index (χ2v) is 10.1. The van der Waals surface area contributed by atoms with Crippen LogP contribution in [0.5, 0.6) is 11.5 Å². The zero-order valence-corrected chi connectivity index (χ0v) is 22.0. The van der Waals surface area contributed by atoms with Crippen molar-refractivity contribution in [1.82, 2.24) is 19.3 Å². The van der Waals surface area contributed by atoms with Gasteiger partial charge in [0.25, 0.3) is 0 Å². The number of imidazole rings is 1. The van der Waals surface area contributed by atoms with Gasteiger partial charge in [0.15, 0.2) is 0 Å². The highest BCUT2D eigenvalue weighted by atomic mass is 35.5. The van der Waals surface area contributed by atoms with Crippen LogP contribution in [0.4, 0.5) is 17.6 Å². The molecule has 0 bridgehead atoms. The molecule has 2 heterocycles. The van der Waals surface area contributed by atoms with Crippen molar-refractivity contribution in [2.75, 3.05) is 0 Å². The third-order valence-electron chi connectivity index (χ3n) is 6.98. The molecule has 1 fully saturated rings. The fourth-order valence-corrected chi connectivity index (χ4v) is 5.41. The first-order valence-corrected chi connectivity index (χ1v) is 12.9. The molecule has 0 amide bonds. The van der Waals surface area contributed by atoms with Crippen LogP contribution in [0.15, 0.2) is 42.6 Å². The number of benzene rings is 2. The first-order chi connectivity index (χ1) is 19.0. The van der Waals surface area contributed by atoms with E-state index in [2.05, 4.69) is 9.84 Å². The van der Waals surface area contributed by atoms with Crippen LogP contribution in [0.2, 0.25) is 5.02 Å². The zero-order chi connectivity index (χ0) is 28.6. The van der Waals surface area contributed by atoms with Crippen molar-refractivity contribution in [2.45, 2.75) is 51.1 Å². The van der Waals surface area contributed by atoms with Crippen LogP contribution in [-0.4, -0.2) is 36.8 Å². The summed E-state index contributed by atoms with van der Waals surface area (Å²) in [5, 5.41) is 14.6. The first kappa shape index (κ1) is 27.8. The molecule has 0 aliphatic heterocycles. The molecular weight excluding hydrogens is 556 g/mol. The number of aryl methyl sites for hydroxylation is 1. The molecule has 212 valence electrons. The number of aromatic nitrogens is 4. The number of carbonyl (C=O) groups is 1. The fraction of sp³-hybridized carbons (Fsp3) is 0.370. The lowest BCUT2D eigenvalue weighted by atomic mass is 9.78. The van der Waals surface area contributed by atoms with Crippen LogP contribution in [0, 0.1) is 11.7 Å². The number of rotatable bonds is 8. The van der Waals surface area contributed by atoms with E-state index in [4.69, 9.17) is 21.3 Å². The molecule has 0 unspecified atom stereocenters. The maximum absolute atomic E-state index is 15.0. The number of hydrogen-bond donors (Lipinski definition) is 1. The summed E-state index contributed by atoms with van der Waals surface area (Å²) in [5.74, 6) is -2.67. The van der Waals surface area contributed by atoms with E-state index >= 15 is 4.39 Å². The molecule has 0 spiro atoms. The van der Waals surface area contributed by atoms with E-state index in [1.807, 2.05) is 0 Å². The lowest BCUT2D eigenvalue weighted by Gasteiger charge is -2.28. The Morgan fingerprint density at radius 1 is 1.15 bits per heavy atom. The quantitative estimate of drug-likeness (QED) is 0.241. The number of halogens is 5. The molecule has 1 aliphatic carbocycles. The topological polar surface area (TPSA) is 91.4 Å². The van der Waals surface area contributed by atoms with Crippen molar-refractivity contribution in [3.05, 3.63) is 70.5 Å². The second-order valence-electron chi connectivity index (χ2n) is 9.73. The lowest BCUT2D eigenvalue weighted by molar-refractivity contribution is -0.274. The largest absolute Gasteiger partial charge is 0.573 e. The molecular formula is C27H25ClF4N4O4. The van der Waals surface area contributed by atoms with Crippen LogP contribution in [-0.2, 0) is 25.0 Å². The van der Waals surface area contributed by atoms with Gasteiger partial charge in [0.05, 0.1) is 28.5 Å². The van der Waals surface area contributed by atoms with E-state index in [-0.39, 0.29) is 18.7 Å². The number of carboxylic acids is 1. The number of alkyl halides is 3. The molecule has 4 aromatic rings. The monoisotopic (exact) mass is 580 g/mol. The van der Waals surface area contributed by atoms with E-state index in [0.29, 0.717) is 52.2 Å². The third-order valence-corrected chi connectivity index (χ3v) is 7.30. The second kappa shape index (κ2) is 11.0. The Bertz CT molecular complexity index is 1550. The highest BCUT2D eigenvalue weighted by molar-refractivity contribution is 6.31. The normalized spacial score (nSPS) is 17.8. The van der Waals surface area contributed by atoms with Gasteiger partial charge in [-0.1, -0.05) is 30.5 Å². The first-order valence-electron chi connectivity index (χ1n) is 12.6. The molecule has 1 saturated carbocycles. The van der Waals surface area contributed by atoms with Gasteiger partial charge in [-0.2, -0.15) is 5.10 Å². The number of carboxylic acid groups (broad SMARTS) is 1. The van der Waals surface area contributed by atoms with Crippen molar-refractivity contribution < 1.29 is 36.9 Å². The molecule has 2 aromatic heterocycles. The molecule has 1 aliphatic rings. The highest BCUT2D eigenvalue weighted by Gasteiger charge is 2.36. The highest BCUT2D eigenvalue weighted by Crippen LogP contribution is 2.40. The average molecular weight is 581 g/mol. The Morgan fingerprint density at radius 2 is 1.90 bits per heavy atom. The van der Waals surface area contributed by atoms with Gasteiger partial charge in [-0.05, 0) is 31.0 Å². The summed E-state index contributed by atoms with van der Waals surface area (Å²) in [6, 6.07) is 8.06. The van der Waals surface area contributed by atoms with E-state index in [1.54, 1.807) is 40.7 Å². The third kappa shape index (κ3) is 6.01. The smallest absolute Gasteiger partial charge is 0.487 e. The molecule has 2 atom stereocenters. The Balaban J connectivity index is 1.53. The predicted molar refractivity (Wildman–Crippen MR) is 137 cm³/mol. The molecule has 1 N–H and O–H groups in total. The summed E-state index contributed by atoms with van der Waals surface area (Å²) in [7, 11) is 1.73. The minimum atomic E-state index is -4.95. The van der Waals surface area contributed by atoms with Crippen LogP contribution in [0.1, 0.15) is 48.7 Å². The summed E-state index contributed by atoms with van der Waals surface area (Å²) >= 11 is 6.18. The van der Waals surface area contributed by atoms with E-state index in [0.717, 1.165) is 18.9 Å². The SMILES string of the molecule is Cn1cc(Cl)c(COc2ccc3nc([C@H]4CCCC[C@H]4C(=O)O)n(Cc4ccc(OC(F)(F)F)cc4F)c3c2)n1. The number of ether oxygens (including phenoxy) is 2. The summed E-state index contributed by atoms with van der Waals surface area (Å²) in [5.41, 5.74) is 1.73. The zero-order valence-electron chi connectivity index (χ0n) is 21.3. The van der Waals surface area contributed by atoms with Gasteiger partial charge in [-0.15, -0.1) is 13.2 Å². The Labute approximate surface area is 231 Å². The summed E-state index contributed by atoms with van der Waals surface area (Å²) in [6.45, 7) is -0.00644. The summed E-state index contributed by atoms with van der Waals surface area (Å²) < 4.78 is 65.9. The van der Waals surface area contributed by atoms with Crippen LogP contribution in [0.3, 0.4) is 0 Å². The maximum Gasteiger partial charge on any atom is 0.573 e. The molecule has 0 radical (unpaired) electrons. The van der Waals surface area contributed by atoms with Crippen molar-refractivity contribution in [2.24, 2.45) is 13.0 Å². The van der Waals surface area contributed by atoms with Crippen LogP contribution < -0.4 is 9.47 Å². The number of nitrogens with zero attached hydrogens (tertiary/aromatic N) is 4. The molecule has 8 nitrogen and oxygen atoms in total. The van der Waals surface area contributed by atoms with Crippen molar-refractivity contribution in [3.63, 3.8) is 0 Å². The van der Waals surface area contributed by atoms with Gasteiger partial charge in [0.2, 0.25) is 0 Å². The number of fused-ring (bicyclic) bond motifs is 1. The molecule has 5 rings (SSSR count). The van der Waals surface area contributed by atoms with E-state index in [1.165, 1.54) is 6.07 Å². The van der Waals surface area contributed by atoms with Crippen molar-refractivity contribution >= 4 is 28.6 Å². The van der Waals surface area contributed by atoms with Crippen LogP contribution >= 0.6 is 11.6 Å². The minimum Gasteiger partial charge on any atom is -0.487 e. The van der Waals surface area contributed by atoms with Gasteiger partial charge in [-0.3, -0.25) is 9.48 Å². The molecule has 40 heavy (non-hydrogen) atoms. The lowest BCUT2D eigenvalue weighted by Crippen LogP contribution is -2.28. The summed E-state index contributed by atoms with van der Waals surface area (Å²) in [6.07, 6.45) is -0.646. The van der Waals surface area contributed by atoms with Gasteiger partial charge < -0.3 is 19.1 Å². The van der Waals surface area contributed by atoms with Crippen molar-refractivity contribution in [1.29, 1.82) is 0 Å². The standard InChI is InChI=1S/C27H25ClF4N4O4/c1-35-13-20(28)23(34-35)14-39-16-8-9-22-24(11-16)36(25(33-22)18-4-2-3-5-19(18)26(37)38)12-15-6-7-17(10-21(15)29)40-27(30,31)32/h6-11,13,18-19H,2-5,12,14H2,1H3,(H,37,38)/t18-,19+/m0/s1. The Morgan fingerprint density at radius 3 is 2.58 bits per heavy atom. The van der Waals surface area contributed by atoms with E-state index < -0.39 is 35.7 Å². The van der Waals surface area contributed by atoms with Crippen LogP contribution in [0.25, 0.3) is 11.0 Å². The predicted octanol–water partition coefficient (Wildman–Crippen LogP) is 6.45. The fourth-order valence-electron chi connectivity index (χ4n) is 5.17. The van der Waals surface area contributed by atoms with Gasteiger partial charge >= 0.3 is 12.3 Å². The number of aliphatic carboxylic acids is 1. The average Bonchev–Trinajstić information content (AvgIpc) is 3.41. The Hall–Kier alpha value is -3.80. The van der Waals surface area contributed by atoms with Gasteiger partial charge in [0, 0.05) is 36.9 Å². The van der Waals surface area contributed by atoms with Gasteiger partial charge in [0.1, 0.15) is 35.4 Å². The van der Waals surface area contributed by atoms with Gasteiger partial charge in [-0.25, -0.2) is 9.37 Å². The molecule has 0 saturated heterocycles. The minimum absolute atomic E-state index is 0.0874. The van der Waals surface area contributed by atoms with E-state index in [9.17, 15) is 23.1 Å². The van der Waals surface area contributed by atoms with Crippen molar-refractivity contribution in [3.8, 4) is 11.5 Å². The molecule has 13 heteroatoms. The summed E-state index contributed by atoms with van der Waals surface area (Å²) in [4.78, 5) is 16.8. The molecule has 2 aromatic carbocycles. The Kier molecular flexibility index (Phi) is 7.63. The maximum atomic E-state index is 15.0.